The van der Waals surface area contributed by atoms with E-state index in [1.54, 1.807) is 6.20 Å². The van der Waals surface area contributed by atoms with E-state index >= 15 is 0 Å². The summed E-state index contributed by atoms with van der Waals surface area (Å²) in [4.78, 5) is 12.1. The third-order valence-corrected chi connectivity index (χ3v) is 3.79. The quantitative estimate of drug-likeness (QED) is 0.874. The Kier molecular flexibility index (Phi) is 4.50. The maximum absolute atomic E-state index is 12.1. The fraction of sp³-hybridized carbons (Fsp3) is 0.375. The van der Waals surface area contributed by atoms with Gasteiger partial charge in [0.2, 0.25) is 0 Å². The van der Waals surface area contributed by atoms with Crippen LogP contribution in [0.4, 0.5) is 5.69 Å². The van der Waals surface area contributed by atoms with Crippen molar-refractivity contribution in [2.75, 3.05) is 11.9 Å². The molecule has 2 atom stereocenters. The molecule has 1 aromatic carbocycles. The van der Waals surface area contributed by atoms with Crippen LogP contribution in [-0.2, 0) is 16.1 Å². The highest BCUT2D eigenvalue weighted by atomic mass is 16.5. The Labute approximate surface area is 129 Å². The lowest BCUT2D eigenvalue weighted by Gasteiger charge is -2.13. The standard InChI is InChI=1S/C16H20N4O2/c17-10-14-6-7-15(22-14)16(21)19-13-4-2-12(3-5-13)11-20-9-1-8-18-20/h1-5,8-9,14-15H,6-7,10-11,17H2,(H,19,21)/t14-,15+/m1/s1. The lowest BCUT2D eigenvalue weighted by molar-refractivity contribution is -0.126. The zero-order chi connectivity index (χ0) is 15.4. The van der Waals surface area contributed by atoms with E-state index in [4.69, 9.17) is 10.5 Å². The van der Waals surface area contributed by atoms with Gasteiger partial charge in [-0.1, -0.05) is 12.1 Å². The van der Waals surface area contributed by atoms with Crippen molar-refractivity contribution in [2.45, 2.75) is 31.6 Å². The van der Waals surface area contributed by atoms with E-state index in [9.17, 15) is 4.79 Å². The molecule has 1 saturated heterocycles. The number of benzene rings is 1. The molecule has 2 heterocycles. The van der Waals surface area contributed by atoms with Crippen molar-refractivity contribution in [3.8, 4) is 0 Å². The van der Waals surface area contributed by atoms with E-state index in [0.717, 1.165) is 24.1 Å². The summed E-state index contributed by atoms with van der Waals surface area (Å²) in [5.41, 5.74) is 7.46. The van der Waals surface area contributed by atoms with Crippen LogP contribution in [0.15, 0.2) is 42.7 Å². The van der Waals surface area contributed by atoms with Gasteiger partial charge in [-0.2, -0.15) is 5.10 Å². The number of carbonyl (C=O) groups is 1. The number of ether oxygens (including phenoxy) is 1. The largest absolute Gasteiger partial charge is 0.364 e. The molecule has 6 heteroatoms. The van der Waals surface area contributed by atoms with E-state index < -0.39 is 6.10 Å². The topological polar surface area (TPSA) is 82.2 Å². The molecular weight excluding hydrogens is 280 g/mol. The van der Waals surface area contributed by atoms with Crippen molar-refractivity contribution in [3.05, 3.63) is 48.3 Å². The number of nitrogens with zero attached hydrogens (tertiary/aromatic N) is 2. The van der Waals surface area contributed by atoms with Gasteiger partial charge in [-0.3, -0.25) is 9.48 Å². The van der Waals surface area contributed by atoms with Crippen LogP contribution in [-0.4, -0.2) is 34.4 Å². The lowest BCUT2D eigenvalue weighted by Crippen LogP contribution is -2.29. The van der Waals surface area contributed by atoms with Crippen molar-refractivity contribution in [2.24, 2.45) is 5.73 Å². The highest BCUT2D eigenvalue weighted by Crippen LogP contribution is 2.20. The van der Waals surface area contributed by atoms with E-state index in [-0.39, 0.29) is 12.0 Å². The predicted molar refractivity (Wildman–Crippen MR) is 83.4 cm³/mol. The molecule has 0 spiro atoms. The number of nitrogens with two attached hydrogens (primary N) is 1. The molecule has 1 fully saturated rings. The minimum atomic E-state index is -0.391. The summed E-state index contributed by atoms with van der Waals surface area (Å²) in [6.07, 6.45) is 4.86. The molecule has 0 aliphatic carbocycles. The van der Waals surface area contributed by atoms with E-state index in [1.165, 1.54) is 0 Å². The van der Waals surface area contributed by atoms with Crippen LogP contribution < -0.4 is 11.1 Å². The zero-order valence-corrected chi connectivity index (χ0v) is 12.3. The third-order valence-electron chi connectivity index (χ3n) is 3.79. The maximum atomic E-state index is 12.1. The minimum Gasteiger partial charge on any atom is -0.364 e. The zero-order valence-electron chi connectivity index (χ0n) is 12.3. The lowest BCUT2D eigenvalue weighted by atomic mass is 10.1. The predicted octanol–water partition coefficient (Wildman–Crippen LogP) is 1.38. The molecule has 22 heavy (non-hydrogen) atoms. The highest BCUT2D eigenvalue weighted by molar-refractivity contribution is 5.94. The summed E-state index contributed by atoms with van der Waals surface area (Å²) in [7, 11) is 0. The number of hydrogen-bond donors (Lipinski definition) is 2. The molecule has 3 rings (SSSR count). The first-order valence-corrected chi connectivity index (χ1v) is 7.47. The van der Waals surface area contributed by atoms with Gasteiger partial charge in [0.15, 0.2) is 0 Å². The monoisotopic (exact) mass is 300 g/mol. The number of amides is 1. The van der Waals surface area contributed by atoms with E-state index in [1.807, 2.05) is 41.2 Å². The average molecular weight is 300 g/mol. The number of hydrogen-bond acceptors (Lipinski definition) is 4. The molecule has 0 saturated carbocycles. The first-order chi connectivity index (χ1) is 10.7. The van der Waals surface area contributed by atoms with Crippen LogP contribution in [0.3, 0.4) is 0 Å². The van der Waals surface area contributed by atoms with Crippen molar-refractivity contribution >= 4 is 11.6 Å². The number of nitrogens with one attached hydrogen (secondary N) is 1. The van der Waals surface area contributed by atoms with Gasteiger partial charge in [-0.15, -0.1) is 0 Å². The number of rotatable bonds is 5. The molecule has 1 aliphatic rings. The van der Waals surface area contributed by atoms with Crippen LogP contribution in [0.25, 0.3) is 0 Å². The SMILES string of the molecule is NC[C@H]1CC[C@@H](C(=O)Nc2ccc(Cn3cccn3)cc2)O1. The maximum Gasteiger partial charge on any atom is 0.253 e. The number of anilines is 1. The fourth-order valence-corrected chi connectivity index (χ4v) is 2.57. The second-order valence-corrected chi connectivity index (χ2v) is 5.45. The number of aromatic nitrogens is 2. The molecule has 0 radical (unpaired) electrons. The third kappa shape index (κ3) is 3.52. The van der Waals surface area contributed by atoms with E-state index in [2.05, 4.69) is 10.4 Å². The summed E-state index contributed by atoms with van der Waals surface area (Å²) in [5, 5.41) is 7.06. The molecule has 3 N–H and O–H groups in total. The van der Waals surface area contributed by atoms with Crippen LogP contribution in [0.2, 0.25) is 0 Å². The van der Waals surface area contributed by atoms with Crippen LogP contribution in [0, 0.1) is 0 Å². The van der Waals surface area contributed by atoms with E-state index in [0.29, 0.717) is 13.1 Å². The molecule has 1 aromatic heterocycles. The summed E-state index contributed by atoms with van der Waals surface area (Å²) in [6, 6.07) is 9.65. The average Bonchev–Trinajstić information content (AvgIpc) is 3.20. The van der Waals surface area contributed by atoms with Gasteiger partial charge in [0.05, 0.1) is 12.6 Å². The highest BCUT2D eigenvalue weighted by Gasteiger charge is 2.29. The second kappa shape index (κ2) is 6.72. The van der Waals surface area contributed by atoms with Crippen molar-refractivity contribution < 1.29 is 9.53 Å². The molecule has 2 aromatic rings. The fourth-order valence-electron chi connectivity index (χ4n) is 2.57. The first-order valence-electron chi connectivity index (χ1n) is 7.47. The molecule has 0 bridgehead atoms. The normalized spacial score (nSPS) is 21.0. The molecule has 1 aliphatic heterocycles. The summed E-state index contributed by atoms with van der Waals surface area (Å²) in [5.74, 6) is -0.101. The Morgan fingerprint density at radius 3 is 2.82 bits per heavy atom. The summed E-state index contributed by atoms with van der Waals surface area (Å²) in [6.45, 7) is 1.18. The molecule has 1 amide bonds. The van der Waals surface area contributed by atoms with Crippen molar-refractivity contribution in [1.82, 2.24) is 9.78 Å². The van der Waals surface area contributed by atoms with Gasteiger partial charge in [-0.05, 0) is 36.6 Å². The van der Waals surface area contributed by atoms with Crippen LogP contribution in [0.5, 0.6) is 0 Å². The Bertz CT molecular complexity index is 610. The summed E-state index contributed by atoms with van der Waals surface area (Å²) < 4.78 is 7.44. The van der Waals surface area contributed by atoms with Crippen LogP contribution >= 0.6 is 0 Å². The summed E-state index contributed by atoms with van der Waals surface area (Å²) >= 11 is 0. The Hall–Kier alpha value is -2.18. The molecule has 0 unspecified atom stereocenters. The molecular formula is C16H20N4O2. The van der Waals surface area contributed by atoms with Gasteiger partial charge in [0.1, 0.15) is 6.10 Å². The van der Waals surface area contributed by atoms with Crippen molar-refractivity contribution in [3.63, 3.8) is 0 Å². The molecule has 6 nitrogen and oxygen atoms in total. The minimum absolute atomic E-state index is 0.00666. The number of carbonyl (C=O) groups excluding carboxylic acids is 1. The Balaban J connectivity index is 1.55. The van der Waals surface area contributed by atoms with Gasteiger partial charge in [-0.25, -0.2) is 0 Å². The smallest absolute Gasteiger partial charge is 0.253 e. The van der Waals surface area contributed by atoms with Gasteiger partial charge < -0.3 is 15.8 Å². The van der Waals surface area contributed by atoms with Gasteiger partial charge >= 0.3 is 0 Å². The second-order valence-electron chi connectivity index (χ2n) is 5.45. The van der Waals surface area contributed by atoms with Gasteiger partial charge in [0, 0.05) is 24.6 Å². The van der Waals surface area contributed by atoms with Gasteiger partial charge in [0.25, 0.3) is 5.91 Å². The van der Waals surface area contributed by atoms with Crippen LogP contribution in [0.1, 0.15) is 18.4 Å². The molecule has 116 valence electrons. The van der Waals surface area contributed by atoms with Crippen molar-refractivity contribution in [1.29, 1.82) is 0 Å². The Morgan fingerprint density at radius 1 is 1.36 bits per heavy atom. The Morgan fingerprint density at radius 2 is 2.18 bits per heavy atom. The first kappa shape index (κ1) is 14.7.